The van der Waals surface area contributed by atoms with Gasteiger partial charge in [0.05, 0.1) is 5.60 Å². The SMILES string of the molecule is CN1CCC(O)(C2(N)CC3CCC2CC3)C1. The highest BCUT2D eigenvalue weighted by atomic mass is 16.3. The van der Waals surface area contributed by atoms with Crippen molar-refractivity contribution in [2.24, 2.45) is 17.6 Å². The quantitative estimate of drug-likeness (QED) is 0.697. The third-order valence-electron chi connectivity index (χ3n) is 5.51. The predicted molar refractivity (Wildman–Crippen MR) is 64.0 cm³/mol. The molecule has 2 unspecified atom stereocenters. The van der Waals surface area contributed by atoms with Crippen LogP contribution in [-0.2, 0) is 0 Å². The summed E-state index contributed by atoms with van der Waals surface area (Å²) in [4.78, 5) is 2.22. The second kappa shape index (κ2) is 3.44. The van der Waals surface area contributed by atoms with Gasteiger partial charge >= 0.3 is 0 Å². The first-order chi connectivity index (χ1) is 7.53. The lowest BCUT2D eigenvalue weighted by atomic mass is 9.55. The van der Waals surface area contributed by atoms with Crippen LogP contribution in [0.15, 0.2) is 0 Å². The standard InChI is InChI=1S/C13H24N2O/c1-15-7-6-12(16,9-15)13(14)8-10-2-4-11(13)5-3-10/h10-11,16H,2-9,14H2,1H3. The summed E-state index contributed by atoms with van der Waals surface area (Å²) in [7, 11) is 2.09. The minimum Gasteiger partial charge on any atom is -0.387 e. The molecule has 1 aliphatic heterocycles. The zero-order chi connectivity index (χ0) is 11.4. The van der Waals surface area contributed by atoms with Gasteiger partial charge in [-0.25, -0.2) is 0 Å². The normalized spacial score (nSPS) is 53.4. The minimum absolute atomic E-state index is 0.293. The van der Waals surface area contributed by atoms with Crippen LogP contribution in [0.2, 0.25) is 0 Å². The van der Waals surface area contributed by atoms with E-state index < -0.39 is 5.60 Å². The Kier molecular flexibility index (Phi) is 2.36. The number of nitrogens with zero attached hydrogens (tertiary/aromatic N) is 1. The molecule has 0 aromatic heterocycles. The van der Waals surface area contributed by atoms with Gasteiger partial charge in [-0.1, -0.05) is 12.8 Å². The van der Waals surface area contributed by atoms with Crippen molar-refractivity contribution >= 4 is 0 Å². The lowest BCUT2D eigenvalue weighted by Gasteiger charge is -2.56. The fourth-order valence-electron chi connectivity index (χ4n) is 4.46. The number of likely N-dealkylation sites (tertiary alicyclic amines) is 1. The van der Waals surface area contributed by atoms with Gasteiger partial charge in [-0.3, -0.25) is 0 Å². The van der Waals surface area contributed by atoms with E-state index in [1.165, 1.54) is 25.7 Å². The molecule has 3 heteroatoms. The van der Waals surface area contributed by atoms with Crippen molar-refractivity contribution in [3.8, 4) is 0 Å². The van der Waals surface area contributed by atoms with Crippen LogP contribution in [0.3, 0.4) is 0 Å². The van der Waals surface area contributed by atoms with E-state index in [2.05, 4.69) is 11.9 Å². The summed E-state index contributed by atoms with van der Waals surface area (Å²) in [5, 5.41) is 10.9. The number of β-amino-alcohol motifs (C(OH)–C–C–N with tert-alkyl or cyclic N) is 1. The Morgan fingerprint density at radius 2 is 1.94 bits per heavy atom. The number of hydrogen-bond donors (Lipinski definition) is 2. The molecule has 2 atom stereocenters. The molecule has 0 radical (unpaired) electrons. The minimum atomic E-state index is -0.620. The van der Waals surface area contributed by atoms with E-state index in [1.54, 1.807) is 0 Å². The van der Waals surface area contributed by atoms with Crippen molar-refractivity contribution in [2.45, 2.75) is 49.7 Å². The first kappa shape index (κ1) is 11.0. The molecule has 3 nitrogen and oxygen atoms in total. The zero-order valence-corrected chi connectivity index (χ0v) is 10.3. The predicted octanol–water partition coefficient (Wildman–Crippen LogP) is 0.961. The van der Waals surface area contributed by atoms with Crippen LogP contribution in [0.25, 0.3) is 0 Å². The van der Waals surface area contributed by atoms with E-state index >= 15 is 0 Å². The molecule has 1 heterocycles. The third-order valence-corrected chi connectivity index (χ3v) is 5.51. The zero-order valence-electron chi connectivity index (χ0n) is 10.3. The molecule has 2 bridgehead atoms. The molecule has 3 N–H and O–H groups in total. The summed E-state index contributed by atoms with van der Waals surface area (Å²) in [5.74, 6) is 1.35. The topological polar surface area (TPSA) is 49.5 Å². The van der Waals surface area contributed by atoms with Gasteiger partial charge < -0.3 is 15.7 Å². The van der Waals surface area contributed by atoms with Gasteiger partial charge in [0.15, 0.2) is 0 Å². The molecular weight excluding hydrogens is 200 g/mol. The molecule has 4 rings (SSSR count). The number of likely N-dealkylation sites (N-methyl/N-ethyl adjacent to an activating group) is 1. The van der Waals surface area contributed by atoms with Gasteiger partial charge in [-0.2, -0.15) is 0 Å². The summed E-state index contributed by atoms with van der Waals surface area (Å²) in [6.07, 6.45) is 7.09. The van der Waals surface area contributed by atoms with Crippen LogP contribution < -0.4 is 5.73 Å². The maximum atomic E-state index is 10.9. The monoisotopic (exact) mass is 224 g/mol. The molecule has 0 aromatic carbocycles. The number of hydrogen-bond acceptors (Lipinski definition) is 3. The molecule has 0 amide bonds. The van der Waals surface area contributed by atoms with E-state index in [0.717, 1.165) is 31.8 Å². The van der Waals surface area contributed by atoms with Gasteiger partial charge in [0, 0.05) is 18.6 Å². The Morgan fingerprint density at radius 3 is 2.38 bits per heavy atom. The maximum Gasteiger partial charge on any atom is 0.0967 e. The highest BCUT2D eigenvalue weighted by Gasteiger charge is 2.58. The summed E-state index contributed by atoms with van der Waals surface area (Å²) in [5.41, 5.74) is 5.76. The Bertz CT molecular complexity index is 288. The van der Waals surface area contributed by atoms with Crippen molar-refractivity contribution in [1.82, 2.24) is 4.90 Å². The highest BCUT2D eigenvalue weighted by molar-refractivity contribution is 5.15. The second-order valence-corrected chi connectivity index (χ2v) is 6.48. The van der Waals surface area contributed by atoms with Gasteiger partial charge in [-0.05, 0) is 44.6 Å². The smallest absolute Gasteiger partial charge is 0.0967 e. The van der Waals surface area contributed by atoms with Crippen molar-refractivity contribution in [3.63, 3.8) is 0 Å². The van der Waals surface area contributed by atoms with E-state index in [1.807, 2.05) is 0 Å². The molecule has 3 aliphatic carbocycles. The average Bonchev–Trinajstić information content (AvgIpc) is 2.62. The molecular formula is C13H24N2O. The fraction of sp³-hybridized carbons (Fsp3) is 1.00. The average molecular weight is 224 g/mol. The summed E-state index contributed by atoms with van der Waals surface area (Å²) < 4.78 is 0. The lowest BCUT2D eigenvalue weighted by molar-refractivity contribution is -0.0975. The van der Waals surface area contributed by atoms with Crippen molar-refractivity contribution in [3.05, 3.63) is 0 Å². The number of nitrogens with two attached hydrogens (primary N) is 1. The van der Waals surface area contributed by atoms with Crippen LogP contribution in [0.1, 0.15) is 38.5 Å². The Balaban J connectivity index is 1.87. The van der Waals surface area contributed by atoms with Crippen LogP contribution >= 0.6 is 0 Å². The molecule has 4 fully saturated rings. The van der Waals surface area contributed by atoms with Crippen LogP contribution in [0.5, 0.6) is 0 Å². The first-order valence-electron chi connectivity index (χ1n) is 6.73. The Labute approximate surface area is 98.0 Å². The van der Waals surface area contributed by atoms with Crippen molar-refractivity contribution < 1.29 is 5.11 Å². The molecule has 4 aliphatic rings. The van der Waals surface area contributed by atoms with E-state index in [-0.39, 0.29) is 5.54 Å². The van der Waals surface area contributed by atoms with E-state index in [4.69, 9.17) is 5.73 Å². The van der Waals surface area contributed by atoms with Gasteiger partial charge in [0.25, 0.3) is 0 Å². The molecule has 3 saturated carbocycles. The largest absolute Gasteiger partial charge is 0.387 e. The Hall–Kier alpha value is -0.120. The van der Waals surface area contributed by atoms with Crippen LogP contribution in [0, 0.1) is 11.8 Å². The molecule has 0 spiro atoms. The molecule has 0 aromatic rings. The summed E-state index contributed by atoms with van der Waals surface area (Å²) in [6, 6.07) is 0. The first-order valence-corrected chi connectivity index (χ1v) is 6.73. The second-order valence-electron chi connectivity index (χ2n) is 6.48. The molecule has 1 saturated heterocycles. The number of aliphatic hydroxyl groups is 1. The third kappa shape index (κ3) is 1.38. The van der Waals surface area contributed by atoms with E-state index in [0.29, 0.717) is 5.92 Å². The number of fused-ring (bicyclic) bond motifs is 3. The van der Waals surface area contributed by atoms with Crippen LogP contribution in [-0.4, -0.2) is 41.3 Å². The number of rotatable bonds is 1. The van der Waals surface area contributed by atoms with Crippen molar-refractivity contribution in [2.75, 3.05) is 20.1 Å². The lowest BCUT2D eigenvalue weighted by Crippen LogP contribution is -2.69. The van der Waals surface area contributed by atoms with E-state index in [9.17, 15) is 5.11 Å². The molecule has 92 valence electrons. The van der Waals surface area contributed by atoms with Crippen molar-refractivity contribution in [1.29, 1.82) is 0 Å². The summed E-state index contributed by atoms with van der Waals surface area (Å²) >= 11 is 0. The van der Waals surface area contributed by atoms with Gasteiger partial charge in [0.2, 0.25) is 0 Å². The van der Waals surface area contributed by atoms with Gasteiger partial charge in [0.1, 0.15) is 0 Å². The Morgan fingerprint density at radius 1 is 1.25 bits per heavy atom. The maximum absolute atomic E-state index is 10.9. The van der Waals surface area contributed by atoms with Crippen LogP contribution in [0.4, 0.5) is 0 Å². The highest BCUT2D eigenvalue weighted by Crippen LogP contribution is 2.52. The summed E-state index contributed by atoms with van der Waals surface area (Å²) in [6.45, 7) is 1.76. The van der Waals surface area contributed by atoms with Gasteiger partial charge in [-0.15, -0.1) is 0 Å². The molecule has 16 heavy (non-hydrogen) atoms. The fourth-order valence-corrected chi connectivity index (χ4v) is 4.46.